The number of nitrogens with one attached hydrogen (secondary N) is 2. The van der Waals surface area contributed by atoms with Crippen molar-refractivity contribution in [1.82, 2.24) is 0 Å². The minimum Gasteiger partial charge on any atom is -0.380 e. The van der Waals surface area contributed by atoms with Crippen LogP contribution in [0, 0.1) is 0 Å². The third-order valence-electron chi connectivity index (χ3n) is 2.23. The number of carbonyl (C=O) groups is 1. The molecule has 0 fully saturated rings. The zero-order chi connectivity index (χ0) is 13.0. The van der Waals surface area contributed by atoms with E-state index in [2.05, 4.69) is 32.6 Å². The quantitative estimate of drug-likeness (QED) is 0.803. The molecule has 0 saturated carbocycles. The second-order valence-electron chi connectivity index (χ2n) is 3.63. The molecule has 0 aliphatic heterocycles. The van der Waals surface area contributed by atoms with Crippen molar-refractivity contribution < 1.29 is 4.79 Å². The summed E-state index contributed by atoms with van der Waals surface area (Å²) in [4.78, 5) is 12.0. The van der Waals surface area contributed by atoms with E-state index < -0.39 is 6.03 Å². The Morgan fingerprint density at radius 2 is 2.06 bits per heavy atom. The van der Waals surface area contributed by atoms with E-state index in [1.54, 1.807) is 17.4 Å². The Bertz CT molecular complexity index is 556. The SMILES string of the molecule is NC(=O)Nc1cccc(NCc2ccc(Br)s2)c1. The molecule has 0 aliphatic carbocycles. The number of urea groups is 1. The van der Waals surface area contributed by atoms with Gasteiger partial charge in [0.15, 0.2) is 0 Å². The Labute approximate surface area is 117 Å². The van der Waals surface area contributed by atoms with Gasteiger partial charge >= 0.3 is 6.03 Å². The van der Waals surface area contributed by atoms with E-state index in [1.165, 1.54) is 4.88 Å². The van der Waals surface area contributed by atoms with E-state index in [-0.39, 0.29) is 0 Å². The van der Waals surface area contributed by atoms with Crippen molar-refractivity contribution in [2.24, 2.45) is 5.73 Å². The highest BCUT2D eigenvalue weighted by Crippen LogP contribution is 2.23. The summed E-state index contributed by atoms with van der Waals surface area (Å²) in [6, 6.07) is 11.0. The molecule has 0 saturated heterocycles. The third-order valence-corrected chi connectivity index (χ3v) is 3.85. The van der Waals surface area contributed by atoms with Crippen LogP contribution >= 0.6 is 27.3 Å². The Morgan fingerprint density at radius 1 is 1.28 bits per heavy atom. The first-order chi connectivity index (χ1) is 8.63. The molecule has 0 spiro atoms. The van der Waals surface area contributed by atoms with Crippen LogP contribution in [0.5, 0.6) is 0 Å². The predicted molar refractivity (Wildman–Crippen MR) is 79.0 cm³/mol. The number of nitrogens with two attached hydrogens (primary N) is 1. The minimum atomic E-state index is -0.561. The van der Waals surface area contributed by atoms with Crippen molar-refractivity contribution in [2.75, 3.05) is 10.6 Å². The predicted octanol–water partition coefficient (Wildman–Crippen LogP) is 3.61. The van der Waals surface area contributed by atoms with Crippen LogP contribution < -0.4 is 16.4 Å². The fourth-order valence-corrected chi connectivity index (χ4v) is 2.91. The van der Waals surface area contributed by atoms with Gasteiger partial charge in [-0.3, -0.25) is 0 Å². The molecule has 2 rings (SSSR count). The molecule has 1 aromatic carbocycles. The number of thiophene rings is 1. The second kappa shape index (κ2) is 5.88. The van der Waals surface area contributed by atoms with E-state index in [0.29, 0.717) is 5.69 Å². The largest absolute Gasteiger partial charge is 0.380 e. The van der Waals surface area contributed by atoms with Gasteiger partial charge in [0, 0.05) is 22.8 Å². The summed E-state index contributed by atoms with van der Waals surface area (Å²) in [5, 5.41) is 5.83. The maximum absolute atomic E-state index is 10.7. The average molecular weight is 326 g/mol. The molecule has 0 bridgehead atoms. The van der Waals surface area contributed by atoms with E-state index in [1.807, 2.05) is 24.3 Å². The van der Waals surface area contributed by atoms with Crippen molar-refractivity contribution >= 4 is 44.7 Å². The summed E-state index contributed by atoms with van der Waals surface area (Å²) >= 11 is 5.11. The first-order valence-electron chi connectivity index (χ1n) is 5.28. The maximum atomic E-state index is 10.7. The van der Waals surface area contributed by atoms with Crippen molar-refractivity contribution in [2.45, 2.75) is 6.54 Å². The lowest BCUT2D eigenvalue weighted by atomic mass is 10.2. The van der Waals surface area contributed by atoms with E-state index in [4.69, 9.17) is 5.73 Å². The molecule has 0 unspecified atom stereocenters. The Hall–Kier alpha value is -1.53. The highest BCUT2D eigenvalue weighted by atomic mass is 79.9. The molecule has 2 amide bonds. The number of primary amides is 1. The lowest BCUT2D eigenvalue weighted by Gasteiger charge is -2.07. The van der Waals surface area contributed by atoms with Crippen LogP contribution in [0.2, 0.25) is 0 Å². The summed E-state index contributed by atoms with van der Waals surface area (Å²) in [6.07, 6.45) is 0. The monoisotopic (exact) mass is 325 g/mol. The van der Waals surface area contributed by atoms with Crippen LogP contribution in [0.4, 0.5) is 16.2 Å². The first-order valence-corrected chi connectivity index (χ1v) is 6.89. The average Bonchev–Trinajstić information content (AvgIpc) is 2.72. The smallest absolute Gasteiger partial charge is 0.316 e. The Balaban J connectivity index is 1.98. The fourth-order valence-electron chi connectivity index (χ4n) is 1.49. The lowest BCUT2D eigenvalue weighted by molar-refractivity contribution is 0.259. The standard InChI is InChI=1S/C12H12BrN3OS/c13-11-5-4-10(18-11)7-15-8-2-1-3-9(6-8)16-12(14)17/h1-6,15H,7H2,(H3,14,16,17). The number of halogens is 1. The fraction of sp³-hybridized carbons (Fsp3) is 0.0833. The summed E-state index contributed by atoms with van der Waals surface area (Å²) in [6.45, 7) is 0.746. The van der Waals surface area contributed by atoms with E-state index in [9.17, 15) is 4.79 Å². The first kappa shape index (κ1) is 12.9. The topological polar surface area (TPSA) is 67.2 Å². The molecular formula is C12H12BrN3OS. The number of rotatable bonds is 4. The molecule has 0 atom stereocenters. The summed E-state index contributed by atoms with van der Waals surface area (Å²) in [7, 11) is 0. The molecule has 1 heterocycles. The van der Waals surface area contributed by atoms with Gasteiger partial charge in [-0.2, -0.15) is 0 Å². The number of benzene rings is 1. The molecule has 1 aromatic heterocycles. The van der Waals surface area contributed by atoms with Crippen molar-refractivity contribution in [1.29, 1.82) is 0 Å². The van der Waals surface area contributed by atoms with Gasteiger partial charge in [0.2, 0.25) is 0 Å². The van der Waals surface area contributed by atoms with Crippen molar-refractivity contribution in [3.8, 4) is 0 Å². The van der Waals surface area contributed by atoms with Crippen LogP contribution in [0.1, 0.15) is 4.88 Å². The Kier molecular flexibility index (Phi) is 4.22. The van der Waals surface area contributed by atoms with Gasteiger partial charge in [0.25, 0.3) is 0 Å². The zero-order valence-electron chi connectivity index (χ0n) is 9.44. The maximum Gasteiger partial charge on any atom is 0.316 e. The molecule has 18 heavy (non-hydrogen) atoms. The summed E-state index contributed by atoms with van der Waals surface area (Å²) < 4.78 is 1.11. The van der Waals surface area contributed by atoms with Crippen LogP contribution in [-0.2, 0) is 6.54 Å². The van der Waals surface area contributed by atoms with Gasteiger partial charge in [-0.1, -0.05) is 6.07 Å². The van der Waals surface area contributed by atoms with Crippen molar-refractivity contribution in [3.63, 3.8) is 0 Å². The van der Waals surface area contributed by atoms with Gasteiger partial charge in [-0.05, 0) is 46.3 Å². The molecule has 4 N–H and O–H groups in total. The highest BCUT2D eigenvalue weighted by Gasteiger charge is 2.00. The van der Waals surface area contributed by atoms with Gasteiger partial charge in [-0.15, -0.1) is 11.3 Å². The number of amides is 2. The van der Waals surface area contributed by atoms with Gasteiger partial charge in [0.05, 0.1) is 3.79 Å². The third kappa shape index (κ3) is 3.75. The van der Waals surface area contributed by atoms with Crippen LogP contribution in [0.15, 0.2) is 40.2 Å². The molecule has 0 radical (unpaired) electrons. The van der Waals surface area contributed by atoms with Crippen LogP contribution in [0.3, 0.4) is 0 Å². The molecule has 2 aromatic rings. The molecule has 94 valence electrons. The normalized spacial score (nSPS) is 10.1. The number of carbonyl (C=O) groups excluding carboxylic acids is 1. The van der Waals surface area contributed by atoms with Gasteiger partial charge < -0.3 is 16.4 Å². The lowest BCUT2D eigenvalue weighted by Crippen LogP contribution is -2.19. The molecule has 6 heteroatoms. The zero-order valence-corrected chi connectivity index (χ0v) is 11.8. The van der Waals surface area contributed by atoms with E-state index >= 15 is 0 Å². The Morgan fingerprint density at radius 3 is 2.72 bits per heavy atom. The van der Waals surface area contributed by atoms with Crippen molar-refractivity contribution in [3.05, 3.63) is 45.1 Å². The number of hydrogen-bond acceptors (Lipinski definition) is 3. The number of anilines is 2. The molecule has 0 aliphatic rings. The van der Waals surface area contributed by atoms with Gasteiger partial charge in [0.1, 0.15) is 0 Å². The van der Waals surface area contributed by atoms with Gasteiger partial charge in [-0.25, -0.2) is 4.79 Å². The molecular weight excluding hydrogens is 314 g/mol. The summed E-state index contributed by atoms with van der Waals surface area (Å²) in [5.74, 6) is 0. The van der Waals surface area contributed by atoms with Crippen LogP contribution in [-0.4, -0.2) is 6.03 Å². The summed E-state index contributed by atoms with van der Waals surface area (Å²) in [5.41, 5.74) is 6.68. The van der Waals surface area contributed by atoms with Crippen LogP contribution in [0.25, 0.3) is 0 Å². The number of hydrogen-bond donors (Lipinski definition) is 3. The second-order valence-corrected chi connectivity index (χ2v) is 6.18. The highest BCUT2D eigenvalue weighted by molar-refractivity contribution is 9.11. The van der Waals surface area contributed by atoms with E-state index in [0.717, 1.165) is 16.0 Å². The molecule has 4 nitrogen and oxygen atoms in total. The minimum absolute atomic E-state index is 0.561.